The second kappa shape index (κ2) is 49.5. The highest BCUT2D eigenvalue weighted by Crippen LogP contribution is 2.53. The first-order valence-electron chi connectivity index (χ1n) is 26.8. The van der Waals surface area contributed by atoms with Crippen molar-refractivity contribution < 1.29 is 241 Å². The van der Waals surface area contributed by atoms with Crippen molar-refractivity contribution in [1.82, 2.24) is 10.6 Å². The fourth-order valence-corrected chi connectivity index (χ4v) is 14.3. The molecule has 0 bridgehead atoms. The van der Waals surface area contributed by atoms with Gasteiger partial charge in [0.15, 0.2) is 0 Å². The summed E-state index contributed by atoms with van der Waals surface area (Å²) < 4.78 is 268. The molecule has 0 aliphatic rings. The Labute approximate surface area is 562 Å². The zero-order valence-electron chi connectivity index (χ0n) is 51.8. The van der Waals surface area contributed by atoms with E-state index in [1.807, 2.05) is 0 Å². The summed E-state index contributed by atoms with van der Waals surface area (Å²) in [7, 11) is -60.8. The zero-order chi connectivity index (χ0) is 75.8. The molecule has 99 heavy (non-hydrogen) atoms. The molecule has 596 valence electrons. The first-order valence-corrected chi connectivity index (χ1v) is 46.3. The third-order valence-electron chi connectivity index (χ3n) is 9.10. The van der Waals surface area contributed by atoms with Crippen molar-refractivity contribution in [3.8, 4) is 0 Å². The lowest BCUT2D eigenvalue weighted by molar-refractivity contribution is 0.0696. The van der Waals surface area contributed by atoms with Crippen molar-refractivity contribution in [2.45, 2.75) is 6.92 Å². The molecule has 16 N–H and O–H groups in total. The smallest absolute Gasteiger partial charge is 0.319 e. The molecule has 0 aliphatic heterocycles. The van der Waals surface area contributed by atoms with Gasteiger partial charge in [-0.25, -0.2) is 59.3 Å². The summed E-state index contributed by atoms with van der Waals surface area (Å²) in [5.41, 5.74) is 0. The van der Waals surface area contributed by atoms with Gasteiger partial charge in [-0.15, -0.1) is 0 Å². The van der Waals surface area contributed by atoms with Crippen LogP contribution in [-0.4, -0.2) is 261 Å². The van der Waals surface area contributed by atoms with Gasteiger partial charge in [-0.05, 0) is 21.0 Å². The third kappa shape index (κ3) is 59.9. The molecule has 0 aromatic heterocycles. The van der Waals surface area contributed by atoms with Gasteiger partial charge in [0.2, 0.25) is 0 Å². The Kier molecular flexibility index (Phi) is 50.2. The Hall–Kier alpha value is 1.35. The van der Waals surface area contributed by atoms with Crippen LogP contribution >= 0.6 is 102 Å². The zero-order valence-corrected chi connectivity index (χ0v) is 63.5. The monoisotopic (exact) mass is 1730 g/mol. The Morgan fingerprint density at radius 3 is 0.455 bits per heavy atom. The lowest BCUT2D eigenvalue weighted by atomic mass is 10.2. The molecular formula is C32H81N2O52P13. The van der Waals surface area contributed by atoms with E-state index in [0.29, 0.717) is 0 Å². The van der Waals surface area contributed by atoms with Gasteiger partial charge in [-0.3, -0.25) is 113 Å². The molecule has 0 rings (SSSR count). The molecule has 0 aromatic rings. The number of phosphoric acid groups is 13. The highest BCUT2D eigenvalue weighted by Gasteiger charge is 2.33. The first kappa shape index (κ1) is 100. The van der Waals surface area contributed by atoms with E-state index in [0.717, 1.165) is 0 Å². The lowest BCUT2D eigenvalue weighted by Gasteiger charge is -2.20. The molecule has 0 aromatic carbocycles. The van der Waals surface area contributed by atoms with Crippen molar-refractivity contribution in [2.24, 2.45) is 11.8 Å². The summed E-state index contributed by atoms with van der Waals surface area (Å²) >= 11 is 0. The maximum absolute atomic E-state index is 12.2. The average Bonchev–Trinajstić information content (AvgIpc) is 0.949. The van der Waals surface area contributed by atoms with Crippen LogP contribution in [0.5, 0.6) is 0 Å². The van der Waals surface area contributed by atoms with Gasteiger partial charge in [0.1, 0.15) is 0 Å². The van der Waals surface area contributed by atoms with Gasteiger partial charge >= 0.3 is 102 Å². The quantitative estimate of drug-likeness (QED) is 0.0302. The van der Waals surface area contributed by atoms with Crippen LogP contribution in [0.4, 0.5) is 0 Å². The van der Waals surface area contributed by atoms with E-state index >= 15 is 0 Å². The molecule has 0 aliphatic carbocycles. The van der Waals surface area contributed by atoms with E-state index in [4.69, 9.17) is 23.4 Å². The van der Waals surface area contributed by atoms with Gasteiger partial charge in [-0.2, -0.15) is 0 Å². The fourth-order valence-electron chi connectivity index (χ4n) is 5.37. The topological polar surface area (TPSA) is 760 Å². The van der Waals surface area contributed by atoms with Gasteiger partial charge in [0, 0.05) is 24.9 Å². The molecule has 54 nitrogen and oxygen atoms in total. The number of phosphoric ester groups is 13. The number of hydrogen-bond donors (Lipinski definition) is 16. The van der Waals surface area contributed by atoms with Crippen LogP contribution in [-0.2, 0) is 172 Å². The summed E-state index contributed by atoms with van der Waals surface area (Å²) in [6.07, 6.45) is 0. The Morgan fingerprint density at radius 2 is 0.333 bits per heavy atom. The average molecular weight is 1730 g/mol. The summed E-state index contributed by atoms with van der Waals surface area (Å²) in [6.45, 7) is -18.9. The minimum Gasteiger partial charge on any atom is -0.319 e. The van der Waals surface area contributed by atoms with Gasteiger partial charge in [0.25, 0.3) is 0 Å². The maximum atomic E-state index is 12.2. The van der Waals surface area contributed by atoms with Crippen molar-refractivity contribution in [3.63, 3.8) is 0 Å². The fraction of sp³-hybridized carbons (Fsp3) is 1.00. The number of hydrogen-bond acceptors (Lipinski definition) is 40. The van der Waals surface area contributed by atoms with Crippen molar-refractivity contribution >= 4 is 102 Å². The minimum atomic E-state index is -5.02. The van der Waals surface area contributed by atoms with E-state index < -0.39 is 272 Å². The predicted octanol–water partition coefficient (Wildman–Crippen LogP) is 1.39. The molecule has 0 heterocycles. The largest absolute Gasteiger partial charge is 0.472 e. The van der Waals surface area contributed by atoms with E-state index in [1.54, 1.807) is 0 Å². The van der Waals surface area contributed by atoms with Crippen LogP contribution in [0.15, 0.2) is 0 Å². The van der Waals surface area contributed by atoms with E-state index in [9.17, 15) is 118 Å². The minimum absolute atomic E-state index is 0.0312. The second-order valence-electron chi connectivity index (χ2n) is 17.2. The summed E-state index contributed by atoms with van der Waals surface area (Å²) in [5, 5.41) is 5.35. The molecule has 0 saturated carbocycles. The van der Waals surface area contributed by atoms with Crippen molar-refractivity contribution in [3.05, 3.63) is 0 Å². The summed E-state index contributed by atoms with van der Waals surface area (Å²) in [4.78, 5) is 135. The molecule has 0 radical (unpaired) electrons. The van der Waals surface area contributed by atoms with Crippen LogP contribution in [0.3, 0.4) is 0 Å². The Morgan fingerprint density at radius 1 is 0.212 bits per heavy atom. The van der Waals surface area contributed by atoms with Gasteiger partial charge in [0.05, 0.1) is 165 Å². The molecule has 67 heteroatoms. The van der Waals surface area contributed by atoms with Gasteiger partial charge < -0.3 is 79.1 Å². The third-order valence-corrected chi connectivity index (χ3v) is 21.8. The Balaban J connectivity index is 4.33. The van der Waals surface area contributed by atoms with Crippen LogP contribution < -0.4 is 10.6 Å². The lowest BCUT2D eigenvalue weighted by Crippen LogP contribution is -2.27. The normalized spacial score (nSPS) is 20.5. The SMILES string of the molecule is CCOP(=O)(O)OCC(CNC)COP(=O)(O)OCCOP(=O)(O)OCCOP(=O)(O)OCCOP(=O)(O)OCCOP(=O)(O)OCCOP(=O)(O)OCCOP(=O)(O)OCCOP(=O)(O)OCCOP(=O)(O)OCCOP(=O)(O)OCCOP(=O)(O)OCC(CNC)COP(=O)(O)O. The van der Waals surface area contributed by atoms with Crippen LogP contribution in [0, 0.1) is 11.8 Å². The van der Waals surface area contributed by atoms with E-state index in [1.165, 1.54) is 21.0 Å². The van der Waals surface area contributed by atoms with Crippen molar-refractivity contribution in [1.29, 1.82) is 0 Å². The van der Waals surface area contributed by atoms with Crippen molar-refractivity contribution in [2.75, 3.05) is 192 Å². The van der Waals surface area contributed by atoms with Gasteiger partial charge in [-0.1, -0.05) is 0 Å². The maximum Gasteiger partial charge on any atom is 0.472 e. The molecule has 0 amide bonds. The van der Waals surface area contributed by atoms with Crippen LogP contribution in [0.1, 0.15) is 6.92 Å². The summed E-state index contributed by atoms with van der Waals surface area (Å²) in [5.74, 6) is -1.58. The standard InChI is InChI=1S/C32H81N2O52P13/c1-4-62-88(38,39)84-29-32(26-34-3)30-86-99(60,61)82-24-22-80-97(56,57)78-20-18-76-95(52,53)74-16-14-72-93(48,49)70-12-10-68-91(44,45)66-8-6-64-89(40,41)63-5-7-65-90(42,43)67-9-11-69-92(46,47)71-13-15-73-94(50,51)75-17-19-77-96(54,55)79-21-23-81-98(58,59)85-28-31(25-33-2)27-83-87(35,36)37/h31-34H,4-30H2,1-3H3,(H,38,39)(H,40,41)(H,42,43)(H,44,45)(H,46,47)(H,48,49)(H,50,51)(H,52,53)(H,54,55)(H,56,57)(H,58,59)(H,60,61)(H2,35,36,37). The van der Waals surface area contributed by atoms with Crippen LogP contribution in [0.2, 0.25) is 0 Å². The highest BCUT2D eigenvalue weighted by atomic mass is 31.2. The molecule has 14 atom stereocenters. The molecular weight excluding hydrogens is 1650 g/mol. The second-order valence-corrected chi connectivity index (χ2v) is 35.9. The highest BCUT2D eigenvalue weighted by molar-refractivity contribution is 7.50. The summed E-state index contributed by atoms with van der Waals surface area (Å²) in [6, 6.07) is 0. The van der Waals surface area contributed by atoms with E-state index in [-0.39, 0.29) is 19.7 Å². The predicted molar refractivity (Wildman–Crippen MR) is 319 cm³/mol. The number of nitrogens with one attached hydrogen (secondary N) is 2. The first-order chi connectivity index (χ1) is 45.4. The van der Waals surface area contributed by atoms with E-state index in [2.05, 4.69) is 110 Å². The molecule has 0 saturated heterocycles. The van der Waals surface area contributed by atoms with Crippen LogP contribution in [0.25, 0.3) is 0 Å². The molecule has 0 fully saturated rings. The number of rotatable bonds is 68. The Bertz CT molecular complexity index is 2940. The molecule has 0 spiro atoms. The molecule has 14 unspecified atom stereocenters.